The highest BCUT2D eigenvalue weighted by molar-refractivity contribution is 6.33. The average Bonchev–Trinajstić information content (AvgIpc) is 2.90. The summed E-state index contributed by atoms with van der Waals surface area (Å²) in [5.74, 6) is -2.06. The molecule has 0 aliphatic heterocycles. The van der Waals surface area contributed by atoms with Gasteiger partial charge in [0.1, 0.15) is 11.7 Å². The van der Waals surface area contributed by atoms with Crippen LogP contribution < -0.4 is 5.32 Å². The van der Waals surface area contributed by atoms with Crippen LogP contribution in [0.1, 0.15) is 42.0 Å². The maximum atomic E-state index is 13.0. The zero-order valence-corrected chi connectivity index (χ0v) is 14.1. The summed E-state index contributed by atoms with van der Waals surface area (Å²) >= 11 is 5.89. The van der Waals surface area contributed by atoms with Crippen molar-refractivity contribution in [3.8, 4) is 0 Å². The SMILES string of the molecule is CCc1nc2c(Cl)cc(C(F)(F)F)cn2c1C(=O)NC(CC)C(=O)O. The molecule has 0 spiro atoms. The van der Waals surface area contributed by atoms with Crippen molar-refractivity contribution in [1.82, 2.24) is 14.7 Å². The molecule has 0 aromatic carbocycles. The second kappa shape index (κ2) is 6.91. The molecule has 0 aliphatic carbocycles. The number of carbonyl (C=O) groups is 2. The van der Waals surface area contributed by atoms with Crippen molar-refractivity contribution in [2.24, 2.45) is 0 Å². The Morgan fingerprint density at radius 2 is 2.04 bits per heavy atom. The molecular formula is C15H15ClF3N3O3. The molecule has 0 aliphatic rings. The molecule has 2 aromatic heterocycles. The van der Waals surface area contributed by atoms with Gasteiger partial charge in [-0.05, 0) is 18.9 Å². The highest BCUT2D eigenvalue weighted by atomic mass is 35.5. The Balaban J connectivity index is 2.63. The first-order valence-corrected chi connectivity index (χ1v) is 7.79. The maximum Gasteiger partial charge on any atom is 0.417 e. The Hall–Kier alpha value is -2.29. The number of rotatable bonds is 5. The smallest absolute Gasteiger partial charge is 0.417 e. The highest BCUT2D eigenvalue weighted by Crippen LogP contribution is 2.33. The molecule has 0 bridgehead atoms. The van der Waals surface area contributed by atoms with Gasteiger partial charge >= 0.3 is 12.1 Å². The molecule has 1 atom stereocenters. The van der Waals surface area contributed by atoms with Crippen molar-refractivity contribution in [1.29, 1.82) is 0 Å². The number of hydrogen-bond acceptors (Lipinski definition) is 3. The summed E-state index contributed by atoms with van der Waals surface area (Å²) in [6, 6.07) is -0.430. The van der Waals surface area contributed by atoms with E-state index < -0.39 is 29.7 Å². The molecule has 0 fully saturated rings. The number of alkyl halides is 3. The lowest BCUT2D eigenvalue weighted by molar-refractivity contribution is -0.139. The lowest BCUT2D eigenvalue weighted by atomic mass is 10.2. The largest absolute Gasteiger partial charge is 0.480 e. The standard InChI is InChI=1S/C15H15ClF3N3O3/c1-3-9-11(13(23)21-10(4-2)14(24)25)22-6-7(15(17,18)19)5-8(16)12(22)20-9/h5-6,10H,3-4H2,1-2H3,(H,21,23)(H,24,25). The van der Waals surface area contributed by atoms with Gasteiger partial charge in [0.05, 0.1) is 16.3 Å². The number of carboxylic acid groups (broad SMARTS) is 1. The second-order valence-electron chi connectivity index (χ2n) is 5.30. The topological polar surface area (TPSA) is 83.7 Å². The molecule has 2 rings (SSSR count). The Labute approximate surface area is 145 Å². The third-order valence-electron chi connectivity index (χ3n) is 3.64. The summed E-state index contributed by atoms with van der Waals surface area (Å²) in [4.78, 5) is 27.7. The lowest BCUT2D eigenvalue weighted by Gasteiger charge is -2.13. The fourth-order valence-electron chi connectivity index (χ4n) is 2.36. The number of halogens is 4. The molecule has 0 saturated carbocycles. The number of nitrogens with one attached hydrogen (secondary N) is 1. The summed E-state index contributed by atoms with van der Waals surface area (Å²) in [5.41, 5.74) is -0.978. The van der Waals surface area contributed by atoms with E-state index in [1.807, 2.05) is 0 Å². The van der Waals surface area contributed by atoms with Gasteiger partial charge in [-0.2, -0.15) is 13.2 Å². The molecule has 1 amide bonds. The Morgan fingerprint density at radius 1 is 1.40 bits per heavy atom. The van der Waals surface area contributed by atoms with Crippen LogP contribution in [0.25, 0.3) is 5.65 Å². The highest BCUT2D eigenvalue weighted by Gasteiger charge is 2.33. The fraction of sp³-hybridized carbons (Fsp3) is 0.400. The average molecular weight is 378 g/mol. The van der Waals surface area contributed by atoms with E-state index in [0.29, 0.717) is 0 Å². The number of amides is 1. The molecule has 25 heavy (non-hydrogen) atoms. The summed E-state index contributed by atoms with van der Waals surface area (Å²) in [5, 5.41) is 11.1. The van der Waals surface area contributed by atoms with E-state index in [1.54, 1.807) is 13.8 Å². The van der Waals surface area contributed by atoms with Crippen LogP contribution in [0.4, 0.5) is 13.2 Å². The number of hydrogen-bond donors (Lipinski definition) is 2. The first kappa shape index (κ1) is 19.0. The van der Waals surface area contributed by atoms with Gasteiger partial charge < -0.3 is 10.4 Å². The van der Waals surface area contributed by atoms with Crippen molar-refractivity contribution >= 4 is 29.1 Å². The van der Waals surface area contributed by atoms with Crippen LogP contribution in [0, 0.1) is 0 Å². The minimum absolute atomic E-state index is 0.0000372. The van der Waals surface area contributed by atoms with Gasteiger partial charge in [-0.3, -0.25) is 9.20 Å². The first-order valence-electron chi connectivity index (χ1n) is 7.41. The molecule has 0 radical (unpaired) electrons. The van der Waals surface area contributed by atoms with Crippen LogP contribution in [0.3, 0.4) is 0 Å². The Bertz CT molecular complexity index is 833. The normalized spacial score (nSPS) is 13.0. The van der Waals surface area contributed by atoms with Gasteiger partial charge in [0.25, 0.3) is 5.91 Å². The van der Waals surface area contributed by atoms with Gasteiger partial charge in [0.15, 0.2) is 5.65 Å². The van der Waals surface area contributed by atoms with Crippen molar-refractivity contribution < 1.29 is 27.9 Å². The minimum atomic E-state index is -4.66. The molecule has 2 aromatic rings. The number of carbonyl (C=O) groups excluding carboxylic acids is 1. The van der Waals surface area contributed by atoms with E-state index >= 15 is 0 Å². The lowest BCUT2D eigenvalue weighted by Crippen LogP contribution is -2.41. The zero-order chi connectivity index (χ0) is 18.9. The van der Waals surface area contributed by atoms with Crippen LogP contribution in [0.5, 0.6) is 0 Å². The first-order chi connectivity index (χ1) is 11.6. The van der Waals surface area contributed by atoms with Crippen LogP contribution in [0.15, 0.2) is 12.3 Å². The van der Waals surface area contributed by atoms with Gasteiger partial charge in [-0.25, -0.2) is 9.78 Å². The quantitative estimate of drug-likeness (QED) is 0.838. The van der Waals surface area contributed by atoms with Crippen LogP contribution in [0.2, 0.25) is 5.02 Å². The molecule has 2 N–H and O–H groups in total. The second-order valence-corrected chi connectivity index (χ2v) is 5.71. The molecule has 0 saturated heterocycles. The number of pyridine rings is 1. The van der Waals surface area contributed by atoms with E-state index in [2.05, 4.69) is 10.3 Å². The molecule has 6 nitrogen and oxygen atoms in total. The van der Waals surface area contributed by atoms with Crippen molar-refractivity contribution in [3.63, 3.8) is 0 Å². The monoisotopic (exact) mass is 377 g/mol. The predicted octanol–water partition coefficient (Wildman–Crippen LogP) is 3.16. The number of aryl methyl sites for hydroxylation is 1. The third kappa shape index (κ3) is 3.71. The number of aromatic nitrogens is 2. The van der Waals surface area contributed by atoms with Gasteiger partial charge in [-0.15, -0.1) is 0 Å². The molecule has 2 heterocycles. The summed E-state index contributed by atoms with van der Waals surface area (Å²) in [6.07, 6.45) is -3.56. The zero-order valence-electron chi connectivity index (χ0n) is 13.3. The number of imidazole rings is 1. The van der Waals surface area contributed by atoms with E-state index in [0.717, 1.165) is 16.7 Å². The van der Waals surface area contributed by atoms with Crippen molar-refractivity contribution in [2.45, 2.75) is 38.9 Å². The molecule has 10 heteroatoms. The molecular weight excluding hydrogens is 363 g/mol. The third-order valence-corrected chi connectivity index (χ3v) is 3.91. The number of fused-ring (bicyclic) bond motifs is 1. The van der Waals surface area contributed by atoms with E-state index in [9.17, 15) is 22.8 Å². The fourth-order valence-corrected chi connectivity index (χ4v) is 2.61. The summed E-state index contributed by atoms with van der Waals surface area (Å²) in [7, 11) is 0. The number of aliphatic carboxylic acids is 1. The maximum absolute atomic E-state index is 13.0. The van der Waals surface area contributed by atoms with E-state index in [4.69, 9.17) is 16.7 Å². The van der Waals surface area contributed by atoms with Crippen molar-refractivity contribution in [3.05, 3.63) is 34.2 Å². The van der Waals surface area contributed by atoms with Gasteiger partial charge in [0.2, 0.25) is 0 Å². The number of carboxylic acids is 1. The summed E-state index contributed by atoms with van der Waals surface area (Å²) in [6.45, 7) is 3.23. The van der Waals surface area contributed by atoms with Crippen molar-refractivity contribution in [2.75, 3.05) is 0 Å². The predicted molar refractivity (Wildman–Crippen MR) is 83.8 cm³/mol. The van der Waals surface area contributed by atoms with Gasteiger partial charge in [-0.1, -0.05) is 25.4 Å². The molecule has 1 unspecified atom stereocenters. The van der Waals surface area contributed by atoms with Crippen LogP contribution in [-0.4, -0.2) is 32.4 Å². The summed E-state index contributed by atoms with van der Waals surface area (Å²) < 4.78 is 40.0. The minimum Gasteiger partial charge on any atom is -0.480 e. The van der Waals surface area contributed by atoms with Crippen LogP contribution in [-0.2, 0) is 17.4 Å². The van der Waals surface area contributed by atoms with Crippen LogP contribution >= 0.6 is 11.6 Å². The van der Waals surface area contributed by atoms with E-state index in [-0.39, 0.29) is 34.9 Å². The van der Waals surface area contributed by atoms with Gasteiger partial charge in [0, 0.05) is 6.20 Å². The van der Waals surface area contributed by atoms with E-state index in [1.165, 1.54) is 0 Å². The number of nitrogens with zero attached hydrogens (tertiary/aromatic N) is 2. The Morgan fingerprint density at radius 3 is 2.52 bits per heavy atom. The Kier molecular flexibility index (Phi) is 5.26. The molecule has 136 valence electrons.